The summed E-state index contributed by atoms with van der Waals surface area (Å²) in [5, 5.41) is 2.00. The monoisotopic (exact) mass is 155 g/mol. The van der Waals surface area contributed by atoms with Gasteiger partial charge in [-0.05, 0) is 12.2 Å². The Balaban J connectivity index is 0.000000162. The molecule has 1 rings (SSSR count). The summed E-state index contributed by atoms with van der Waals surface area (Å²) in [6.45, 7) is 0. The molecule has 0 saturated carbocycles. The number of hydrogen-bond acceptors (Lipinski definition) is 0. The number of halogens is 4. The van der Waals surface area contributed by atoms with Crippen LogP contribution in [-0.2, 0) is 0 Å². The zero-order chi connectivity index (χ0) is 8.04. The van der Waals surface area contributed by atoms with Gasteiger partial charge < -0.3 is 17.3 Å². The first-order valence-electron chi connectivity index (χ1n) is 2.54. The SMILES string of the molecule is C1=C[NH2+]C=C1.F[B-](F)(F)F. The second-order valence-corrected chi connectivity index (χ2v) is 1.46. The lowest BCUT2D eigenvalue weighted by Gasteiger charge is -1.94. The maximum atomic E-state index is 9.75. The van der Waals surface area contributed by atoms with Crippen molar-refractivity contribution in [2.75, 3.05) is 0 Å². The van der Waals surface area contributed by atoms with E-state index in [0.29, 0.717) is 0 Å². The molecule has 1 aliphatic heterocycles. The average molecular weight is 155 g/mol. The van der Waals surface area contributed by atoms with Crippen LogP contribution in [0.2, 0.25) is 0 Å². The lowest BCUT2D eigenvalue weighted by atomic mass is 10.3. The number of allylic oxidation sites excluding steroid dienone is 2. The summed E-state index contributed by atoms with van der Waals surface area (Å²) in [6, 6.07) is 0. The second-order valence-electron chi connectivity index (χ2n) is 1.46. The first kappa shape index (κ1) is 9.22. The van der Waals surface area contributed by atoms with E-state index in [4.69, 9.17) is 0 Å². The summed E-state index contributed by atoms with van der Waals surface area (Å²) in [6.07, 6.45) is 8.00. The van der Waals surface area contributed by atoms with E-state index in [1.807, 2.05) is 29.9 Å². The van der Waals surface area contributed by atoms with Crippen molar-refractivity contribution in [2.24, 2.45) is 0 Å². The van der Waals surface area contributed by atoms with Crippen LogP contribution in [0.15, 0.2) is 24.6 Å². The van der Waals surface area contributed by atoms with Gasteiger partial charge in [-0.2, -0.15) is 0 Å². The van der Waals surface area contributed by atoms with Crippen molar-refractivity contribution in [1.29, 1.82) is 0 Å². The largest absolute Gasteiger partial charge is 0.673 e. The number of nitrogens with two attached hydrogens (primary N) is 1. The Morgan fingerprint density at radius 2 is 1.20 bits per heavy atom. The Hall–Kier alpha value is -0.775. The van der Waals surface area contributed by atoms with Crippen LogP contribution in [0.25, 0.3) is 0 Å². The minimum absolute atomic E-state index is 2.00. The molecular formula is C4H6BF4N. The Labute approximate surface area is 55.5 Å². The van der Waals surface area contributed by atoms with Crippen LogP contribution in [0, 0.1) is 0 Å². The molecule has 0 unspecified atom stereocenters. The van der Waals surface area contributed by atoms with Crippen molar-refractivity contribution >= 4 is 7.25 Å². The van der Waals surface area contributed by atoms with E-state index in [1.165, 1.54) is 0 Å². The van der Waals surface area contributed by atoms with Crippen LogP contribution in [0.4, 0.5) is 17.3 Å². The van der Waals surface area contributed by atoms with E-state index >= 15 is 0 Å². The Morgan fingerprint density at radius 3 is 1.30 bits per heavy atom. The molecule has 10 heavy (non-hydrogen) atoms. The number of quaternary nitrogens is 1. The molecule has 0 atom stereocenters. The van der Waals surface area contributed by atoms with Gasteiger partial charge in [-0.25, -0.2) is 0 Å². The highest BCUT2D eigenvalue weighted by molar-refractivity contribution is 6.50. The summed E-state index contributed by atoms with van der Waals surface area (Å²) in [5.41, 5.74) is 0. The van der Waals surface area contributed by atoms with Gasteiger partial charge in [0.05, 0.1) is 12.4 Å². The van der Waals surface area contributed by atoms with E-state index in [2.05, 4.69) is 0 Å². The molecule has 58 valence electrons. The van der Waals surface area contributed by atoms with Gasteiger partial charge in [0.25, 0.3) is 0 Å². The van der Waals surface area contributed by atoms with Crippen molar-refractivity contribution in [3.05, 3.63) is 24.6 Å². The molecule has 1 nitrogen and oxygen atoms in total. The maximum absolute atomic E-state index is 9.75. The Morgan fingerprint density at radius 1 is 0.900 bits per heavy atom. The molecule has 0 amide bonds. The van der Waals surface area contributed by atoms with E-state index in [0.717, 1.165) is 0 Å². The van der Waals surface area contributed by atoms with Gasteiger partial charge in [0.2, 0.25) is 0 Å². The lowest BCUT2D eigenvalue weighted by Crippen LogP contribution is -2.69. The summed E-state index contributed by atoms with van der Waals surface area (Å²) < 4.78 is 39.0. The zero-order valence-corrected chi connectivity index (χ0v) is 4.98. The first-order chi connectivity index (χ1) is 4.50. The fourth-order valence-corrected chi connectivity index (χ4v) is 0.321. The summed E-state index contributed by atoms with van der Waals surface area (Å²) in [5.74, 6) is 0. The van der Waals surface area contributed by atoms with Crippen molar-refractivity contribution in [3.8, 4) is 0 Å². The first-order valence-corrected chi connectivity index (χ1v) is 2.54. The molecule has 6 heteroatoms. The van der Waals surface area contributed by atoms with Crippen LogP contribution in [-0.4, -0.2) is 7.25 Å². The quantitative estimate of drug-likeness (QED) is 0.395. The molecule has 1 aliphatic rings. The van der Waals surface area contributed by atoms with Gasteiger partial charge in [-0.15, -0.1) is 0 Å². The van der Waals surface area contributed by atoms with Crippen LogP contribution >= 0.6 is 0 Å². The van der Waals surface area contributed by atoms with Crippen LogP contribution in [0.3, 0.4) is 0 Å². The third kappa shape index (κ3) is 15.7. The van der Waals surface area contributed by atoms with E-state index in [-0.39, 0.29) is 0 Å². The smallest absolute Gasteiger partial charge is 0.418 e. The van der Waals surface area contributed by atoms with Gasteiger partial charge in [-0.1, -0.05) is 0 Å². The highest BCUT2D eigenvalue weighted by Gasteiger charge is 2.20. The predicted octanol–water partition coefficient (Wildman–Crippen LogP) is 0.891. The molecule has 0 fully saturated rings. The van der Waals surface area contributed by atoms with Crippen LogP contribution in [0.1, 0.15) is 0 Å². The minimum Gasteiger partial charge on any atom is -0.418 e. The molecule has 0 aliphatic carbocycles. The fraction of sp³-hybridized carbons (Fsp3) is 0. The van der Waals surface area contributed by atoms with Crippen molar-refractivity contribution < 1.29 is 22.6 Å². The van der Waals surface area contributed by atoms with E-state index in [1.54, 1.807) is 0 Å². The number of hydrogen-bond donors (Lipinski definition) is 1. The Kier molecular flexibility index (Phi) is 3.79. The molecule has 1 heterocycles. The van der Waals surface area contributed by atoms with Gasteiger partial charge >= 0.3 is 7.25 Å². The van der Waals surface area contributed by atoms with Crippen molar-refractivity contribution in [1.82, 2.24) is 0 Å². The van der Waals surface area contributed by atoms with Crippen LogP contribution < -0.4 is 5.32 Å². The maximum Gasteiger partial charge on any atom is 0.673 e. The molecule has 2 N–H and O–H groups in total. The van der Waals surface area contributed by atoms with Gasteiger partial charge in [-0.3, -0.25) is 5.32 Å². The molecule has 0 bridgehead atoms. The summed E-state index contributed by atoms with van der Waals surface area (Å²) >= 11 is 0. The van der Waals surface area contributed by atoms with Gasteiger partial charge in [0, 0.05) is 0 Å². The standard InChI is InChI=1S/C4H5N.BF4/c1-2-4-5-3-1;2-1(3,4)5/h1-5H;/q;-1/p+1. The highest BCUT2D eigenvalue weighted by atomic mass is 19.5. The van der Waals surface area contributed by atoms with Crippen molar-refractivity contribution in [3.63, 3.8) is 0 Å². The average Bonchev–Trinajstić information content (AvgIpc) is 2.07. The molecule has 0 aromatic rings. The molecule has 0 aromatic carbocycles. The normalized spacial score (nSPS) is 14.8. The predicted molar refractivity (Wildman–Crippen MR) is 30.4 cm³/mol. The lowest BCUT2D eigenvalue weighted by molar-refractivity contribution is -0.510. The van der Waals surface area contributed by atoms with Crippen LogP contribution in [0.5, 0.6) is 0 Å². The van der Waals surface area contributed by atoms with E-state index in [9.17, 15) is 17.3 Å². The van der Waals surface area contributed by atoms with E-state index < -0.39 is 7.25 Å². The topological polar surface area (TPSA) is 16.6 Å². The highest BCUT2D eigenvalue weighted by Crippen LogP contribution is 2.06. The minimum atomic E-state index is -6.00. The molecule has 0 saturated heterocycles. The van der Waals surface area contributed by atoms with Gasteiger partial charge in [0.1, 0.15) is 0 Å². The second kappa shape index (κ2) is 4.11. The molecule has 0 spiro atoms. The molecule has 0 radical (unpaired) electrons. The van der Waals surface area contributed by atoms with Gasteiger partial charge in [0.15, 0.2) is 0 Å². The van der Waals surface area contributed by atoms with Crippen molar-refractivity contribution in [2.45, 2.75) is 0 Å². The molecular weight excluding hydrogens is 149 g/mol. The summed E-state index contributed by atoms with van der Waals surface area (Å²) in [4.78, 5) is 0. The number of rotatable bonds is 0. The summed E-state index contributed by atoms with van der Waals surface area (Å²) in [7, 11) is -6.00. The zero-order valence-electron chi connectivity index (χ0n) is 4.98. The Bertz CT molecular complexity index is 123. The third-order valence-electron chi connectivity index (χ3n) is 0.556. The fourth-order valence-electron chi connectivity index (χ4n) is 0.321. The third-order valence-corrected chi connectivity index (χ3v) is 0.556. The molecule has 0 aromatic heterocycles.